The van der Waals surface area contributed by atoms with Crippen LogP contribution in [0.5, 0.6) is 5.75 Å². The van der Waals surface area contributed by atoms with Crippen molar-refractivity contribution in [1.82, 2.24) is 19.8 Å². The predicted molar refractivity (Wildman–Crippen MR) is 308 cm³/mol. The lowest BCUT2D eigenvalue weighted by atomic mass is 9.88. The minimum absolute atomic E-state index is 0.0352. The first-order valence-corrected chi connectivity index (χ1v) is 29.7. The van der Waals surface area contributed by atoms with Crippen molar-refractivity contribution in [2.45, 2.75) is 116 Å². The fourth-order valence-corrected chi connectivity index (χ4v) is 11.3. The second-order valence-electron chi connectivity index (χ2n) is 21.4. The molecule has 0 saturated carbocycles. The fraction of sp³-hybridized carbons (Fsp3) is 0.443. The zero-order chi connectivity index (χ0) is 62.0. The number of aliphatic imine (C=N–C) groups is 1. The molecule has 6 rings (SSSR count). The third-order valence-electron chi connectivity index (χ3n) is 14.4. The van der Waals surface area contributed by atoms with Crippen molar-refractivity contribution < 1.29 is 73.8 Å². The molecular formula is C61H73F4N7O12S. The van der Waals surface area contributed by atoms with Crippen LogP contribution in [0.4, 0.5) is 28.0 Å². The number of urea groups is 1. The number of hydrogen-bond acceptors (Lipinski definition) is 14. The molecule has 2 aliphatic rings. The normalized spacial score (nSPS) is 14.2. The number of Topliss-reactive ketones (excluding diaryl/α,β-unsaturated/α-hetero) is 2. The summed E-state index contributed by atoms with van der Waals surface area (Å²) in [6, 6.07) is 17.1. The summed E-state index contributed by atoms with van der Waals surface area (Å²) in [5, 5.41) is 5.23. The van der Waals surface area contributed by atoms with E-state index < -0.39 is 81.3 Å². The van der Waals surface area contributed by atoms with Crippen molar-refractivity contribution in [2.75, 3.05) is 45.9 Å². The number of halogens is 4. The summed E-state index contributed by atoms with van der Waals surface area (Å²) in [5.74, 6) is -12.9. The molecule has 4 aromatic carbocycles. The number of nitrogens with two attached hydrogens (primary N) is 2. The van der Waals surface area contributed by atoms with Crippen LogP contribution in [-0.2, 0) is 61.3 Å². The smallest absolute Gasteiger partial charge is 0.313 e. The summed E-state index contributed by atoms with van der Waals surface area (Å²) in [6.45, 7) is 8.73. The van der Waals surface area contributed by atoms with E-state index >= 15 is 0 Å². The number of carbonyl (C=O) groups excluding carboxylic acids is 7. The van der Waals surface area contributed by atoms with E-state index in [4.69, 9.17) is 20.9 Å². The van der Waals surface area contributed by atoms with Crippen molar-refractivity contribution in [3.8, 4) is 16.9 Å². The summed E-state index contributed by atoms with van der Waals surface area (Å²) < 4.78 is 98.8. The number of fused-ring (bicyclic) bond motifs is 1. The maximum atomic E-state index is 13.9. The number of hydrogen-bond donors (Lipinski definition) is 4. The molecule has 19 nitrogen and oxygen atoms in total. The molecule has 1 fully saturated rings. The zero-order valence-corrected chi connectivity index (χ0v) is 48.9. The standard InChI is InChI=1S/C61H73F4N7O12S/c1-5-23-71(24-6-2)60(78)44-28-43-18-17-42(30-51(43)69-53(66)31-44)41-9-7-10-46(29-41)85(80,81)72-34-40(35-72)16-19-54(75)83-36-39-14-12-38(13-15-39)27-52(74)50(11-8-22-68-61(67)79)70-59(77)47(37(3)4)32-45(73)20-25-82-26-21-55(76)84-58-56(64)48(62)33-49(63)57(58)65/h7,9-10,12-15,17-18,28-30,33,37,40,47,50H,5-6,8,11,16,19-27,31-32,34-36H2,1-4H3,(H2,66,69)(H,70,77)(H3,67,68,79)/t47-,50-/m0/s1. The minimum atomic E-state index is -3.86. The lowest BCUT2D eigenvalue weighted by Crippen LogP contribution is -2.49. The van der Waals surface area contributed by atoms with Gasteiger partial charge < -0.3 is 41.2 Å². The lowest BCUT2D eigenvalue weighted by molar-refractivity contribution is -0.145. The first-order chi connectivity index (χ1) is 40.5. The van der Waals surface area contributed by atoms with Gasteiger partial charge in [-0.3, -0.25) is 28.8 Å². The molecule has 2 heterocycles. The molecule has 6 N–H and O–H groups in total. The Morgan fingerprint density at radius 3 is 2.14 bits per heavy atom. The van der Waals surface area contributed by atoms with Crippen LogP contribution in [0.15, 0.2) is 88.3 Å². The third kappa shape index (κ3) is 19.1. The van der Waals surface area contributed by atoms with E-state index in [2.05, 4.69) is 20.4 Å². The van der Waals surface area contributed by atoms with Crippen molar-refractivity contribution in [3.63, 3.8) is 0 Å². The highest BCUT2D eigenvalue weighted by Gasteiger charge is 2.37. The second kappa shape index (κ2) is 31.4. The number of ketones is 2. The Morgan fingerprint density at radius 1 is 0.824 bits per heavy atom. The number of primary amides is 1. The van der Waals surface area contributed by atoms with E-state index in [0.29, 0.717) is 53.3 Å². The second-order valence-corrected chi connectivity index (χ2v) is 23.3. The van der Waals surface area contributed by atoms with Gasteiger partial charge in [0.15, 0.2) is 17.4 Å². The molecule has 4 amide bonds. The van der Waals surface area contributed by atoms with E-state index in [0.717, 1.165) is 24.0 Å². The number of sulfonamides is 1. The Kier molecular flexibility index (Phi) is 24.5. The number of carbonyl (C=O) groups is 7. The van der Waals surface area contributed by atoms with Crippen molar-refractivity contribution in [3.05, 3.63) is 118 Å². The van der Waals surface area contributed by atoms with Crippen LogP contribution in [-0.4, -0.2) is 117 Å². The quantitative estimate of drug-likeness (QED) is 0.0118. The van der Waals surface area contributed by atoms with Gasteiger partial charge in [0.25, 0.3) is 0 Å². The van der Waals surface area contributed by atoms with Crippen molar-refractivity contribution in [2.24, 2.45) is 34.2 Å². The van der Waals surface area contributed by atoms with Gasteiger partial charge in [0, 0.05) is 87.9 Å². The molecule has 2 aliphatic heterocycles. The van der Waals surface area contributed by atoms with E-state index in [-0.39, 0.29) is 125 Å². The molecule has 0 bridgehead atoms. The van der Waals surface area contributed by atoms with Gasteiger partial charge in [-0.1, -0.05) is 76.2 Å². The van der Waals surface area contributed by atoms with Crippen LogP contribution in [0, 0.1) is 41.0 Å². The van der Waals surface area contributed by atoms with Gasteiger partial charge in [-0.2, -0.15) is 13.1 Å². The molecule has 0 aliphatic carbocycles. The average molecular weight is 1200 g/mol. The molecule has 1 saturated heterocycles. The van der Waals surface area contributed by atoms with Gasteiger partial charge >= 0.3 is 18.0 Å². The van der Waals surface area contributed by atoms with Gasteiger partial charge in [0.05, 0.1) is 36.3 Å². The van der Waals surface area contributed by atoms with Crippen molar-refractivity contribution in [1.29, 1.82) is 0 Å². The summed E-state index contributed by atoms with van der Waals surface area (Å²) in [4.78, 5) is 96.7. The predicted octanol–water partition coefficient (Wildman–Crippen LogP) is 8.16. The Labute approximate surface area is 491 Å². The van der Waals surface area contributed by atoms with E-state index in [9.17, 15) is 59.5 Å². The third-order valence-corrected chi connectivity index (χ3v) is 16.2. The first-order valence-electron chi connectivity index (χ1n) is 28.3. The van der Waals surface area contributed by atoms with Gasteiger partial charge in [-0.05, 0) is 90.5 Å². The SMILES string of the molecule is CCCN(CCC)C(=O)C1=Cc2ccc(-c3cccc(S(=O)(=O)N4CC(CCC(=O)OCc5ccc(CC(=O)[C@H](CCCNC(N)=O)NC(=O)[C@@H](CC(=O)CCOCCC(=O)Oc6c(F)c(F)cc(F)c6F)C(C)C)cc5)C4)c3)cc2N=C(N)C1. The van der Waals surface area contributed by atoms with E-state index in [1.54, 1.807) is 56.3 Å². The highest BCUT2D eigenvalue weighted by molar-refractivity contribution is 7.89. The maximum absolute atomic E-state index is 13.9. The molecule has 0 spiro atoms. The Hall–Kier alpha value is -7.83. The van der Waals surface area contributed by atoms with Crippen LogP contribution in [0.25, 0.3) is 17.2 Å². The van der Waals surface area contributed by atoms with Gasteiger partial charge in [0.1, 0.15) is 18.2 Å². The summed E-state index contributed by atoms with van der Waals surface area (Å²) >= 11 is 0. The van der Waals surface area contributed by atoms with Crippen LogP contribution in [0.1, 0.15) is 109 Å². The largest absolute Gasteiger partial charge is 0.461 e. The summed E-state index contributed by atoms with van der Waals surface area (Å²) in [7, 11) is -3.86. The highest BCUT2D eigenvalue weighted by Crippen LogP contribution is 2.35. The number of nitrogens with zero attached hydrogens (tertiary/aromatic N) is 3. The Morgan fingerprint density at radius 2 is 1.48 bits per heavy atom. The number of esters is 2. The minimum Gasteiger partial charge on any atom is -0.461 e. The van der Waals surface area contributed by atoms with Crippen LogP contribution >= 0.6 is 0 Å². The van der Waals surface area contributed by atoms with Gasteiger partial charge in [-0.15, -0.1) is 0 Å². The van der Waals surface area contributed by atoms with Crippen LogP contribution in [0.2, 0.25) is 0 Å². The first kappa shape index (κ1) is 66.3. The molecule has 2 atom stereocenters. The van der Waals surface area contributed by atoms with E-state index in [1.807, 2.05) is 49.1 Å². The number of amides is 4. The molecule has 4 aromatic rings. The van der Waals surface area contributed by atoms with Gasteiger partial charge in [0.2, 0.25) is 39.2 Å². The number of nitrogens with one attached hydrogen (secondary N) is 2. The summed E-state index contributed by atoms with van der Waals surface area (Å²) in [5.41, 5.74) is 16.0. The van der Waals surface area contributed by atoms with Crippen LogP contribution in [0.3, 0.4) is 0 Å². The monoisotopic (exact) mass is 1200 g/mol. The molecule has 24 heteroatoms. The highest BCUT2D eigenvalue weighted by atomic mass is 32.2. The van der Waals surface area contributed by atoms with Crippen molar-refractivity contribution >= 4 is 69.0 Å². The van der Waals surface area contributed by atoms with E-state index in [1.165, 1.54) is 4.31 Å². The zero-order valence-electron chi connectivity index (χ0n) is 48.1. The molecule has 0 unspecified atom stereocenters. The Bertz CT molecular complexity index is 3230. The Balaban J connectivity index is 0.938. The number of benzene rings is 4. The van der Waals surface area contributed by atoms with Crippen LogP contribution < -0.4 is 26.8 Å². The molecular weight excluding hydrogens is 1130 g/mol. The average Bonchev–Trinajstić information content (AvgIpc) is 3.65. The molecule has 458 valence electrons. The topological polar surface area (TPSA) is 276 Å². The van der Waals surface area contributed by atoms with Gasteiger partial charge in [-0.25, -0.2) is 27.0 Å². The number of amidine groups is 1. The molecule has 85 heavy (non-hydrogen) atoms. The number of ether oxygens (including phenoxy) is 3. The molecule has 0 aromatic heterocycles. The summed E-state index contributed by atoms with van der Waals surface area (Å²) in [6.07, 6.45) is 3.47. The fourth-order valence-electron chi connectivity index (χ4n) is 9.63. The lowest BCUT2D eigenvalue weighted by Gasteiger charge is -2.38. The maximum Gasteiger partial charge on any atom is 0.313 e. The molecule has 0 radical (unpaired) electrons. The number of rotatable bonds is 32.